The molecule has 1 amide bonds. The van der Waals surface area contributed by atoms with Gasteiger partial charge in [-0.3, -0.25) is 9.69 Å². The van der Waals surface area contributed by atoms with Crippen LogP contribution < -0.4 is 5.32 Å². The van der Waals surface area contributed by atoms with Gasteiger partial charge in [0.1, 0.15) is 5.82 Å². The second-order valence-corrected chi connectivity index (χ2v) is 7.99. The molecule has 1 fully saturated rings. The summed E-state index contributed by atoms with van der Waals surface area (Å²) in [5.41, 5.74) is -0.361. The van der Waals surface area contributed by atoms with Crippen LogP contribution in [0.2, 0.25) is 0 Å². The van der Waals surface area contributed by atoms with Crippen molar-refractivity contribution in [3.8, 4) is 11.4 Å². The van der Waals surface area contributed by atoms with Crippen LogP contribution in [0.1, 0.15) is 17.9 Å². The molecule has 34 heavy (non-hydrogen) atoms. The summed E-state index contributed by atoms with van der Waals surface area (Å²) in [4.78, 5) is 20.6. The number of hydrogen-bond acceptors (Lipinski definition) is 6. The zero-order chi connectivity index (χ0) is 24.1. The van der Waals surface area contributed by atoms with Crippen molar-refractivity contribution in [1.29, 1.82) is 0 Å². The predicted octanol–water partition coefficient (Wildman–Crippen LogP) is 4.04. The highest BCUT2D eigenvalue weighted by Gasteiger charge is 2.31. The molecule has 1 aliphatic heterocycles. The predicted molar refractivity (Wildman–Crippen MR) is 116 cm³/mol. The van der Waals surface area contributed by atoms with E-state index in [4.69, 9.17) is 4.52 Å². The largest absolute Gasteiger partial charge is 0.416 e. The lowest BCUT2D eigenvalue weighted by molar-refractivity contribution is -0.137. The molecular formula is C23H23F4N5O2. The van der Waals surface area contributed by atoms with Gasteiger partial charge in [0, 0.05) is 44.7 Å². The smallest absolute Gasteiger partial charge is 0.338 e. The molecule has 0 bridgehead atoms. The molecule has 0 spiro atoms. The van der Waals surface area contributed by atoms with E-state index in [1.54, 1.807) is 12.1 Å². The Hall–Kier alpha value is -3.31. The number of nitrogens with one attached hydrogen (secondary N) is 1. The topological polar surface area (TPSA) is 74.5 Å². The number of amides is 1. The third-order valence-corrected chi connectivity index (χ3v) is 5.54. The van der Waals surface area contributed by atoms with E-state index in [1.165, 1.54) is 24.3 Å². The Balaban J connectivity index is 1.23. The van der Waals surface area contributed by atoms with E-state index in [0.29, 0.717) is 32.1 Å². The minimum absolute atomic E-state index is 0.112. The number of alkyl halides is 3. The maximum Gasteiger partial charge on any atom is 0.416 e. The second-order valence-electron chi connectivity index (χ2n) is 7.99. The first-order valence-electron chi connectivity index (χ1n) is 10.8. The van der Waals surface area contributed by atoms with Gasteiger partial charge in [0.25, 0.3) is 0 Å². The molecule has 11 heteroatoms. The lowest BCUT2D eigenvalue weighted by Crippen LogP contribution is -2.46. The fraction of sp³-hybridized carbons (Fsp3) is 0.348. The van der Waals surface area contributed by atoms with Crippen molar-refractivity contribution < 1.29 is 26.9 Å². The Morgan fingerprint density at radius 1 is 1.03 bits per heavy atom. The highest BCUT2D eigenvalue weighted by molar-refractivity contribution is 5.90. The summed E-state index contributed by atoms with van der Waals surface area (Å²) in [6.07, 6.45) is -4.20. The van der Waals surface area contributed by atoms with Crippen molar-refractivity contribution in [2.75, 3.05) is 38.0 Å². The van der Waals surface area contributed by atoms with E-state index in [9.17, 15) is 22.4 Å². The molecule has 0 saturated carbocycles. The molecule has 180 valence electrons. The number of carbonyl (C=O) groups excluding carboxylic acids is 1. The average Bonchev–Trinajstić information content (AvgIpc) is 3.28. The molecular weight excluding hydrogens is 454 g/mol. The lowest BCUT2D eigenvalue weighted by atomic mass is 10.1. The highest BCUT2D eigenvalue weighted by atomic mass is 19.4. The summed E-state index contributed by atoms with van der Waals surface area (Å²) in [7, 11) is 0. The molecule has 3 aromatic rings. The van der Waals surface area contributed by atoms with E-state index in [-0.39, 0.29) is 29.4 Å². The first-order chi connectivity index (χ1) is 16.3. The van der Waals surface area contributed by atoms with Gasteiger partial charge in [-0.2, -0.15) is 18.2 Å². The normalized spacial score (nSPS) is 15.4. The Morgan fingerprint density at radius 2 is 1.76 bits per heavy atom. The summed E-state index contributed by atoms with van der Waals surface area (Å²) >= 11 is 0. The van der Waals surface area contributed by atoms with Gasteiger partial charge >= 0.3 is 6.18 Å². The molecule has 0 aliphatic carbocycles. The summed E-state index contributed by atoms with van der Waals surface area (Å²) in [5.74, 6) is -0.284. The van der Waals surface area contributed by atoms with Crippen LogP contribution >= 0.6 is 0 Å². The van der Waals surface area contributed by atoms with Crippen molar-refractivity contribution in [3.63, 3.8) is 0 Å². The minimum Gasteiger partial charge on any atom is -0.338 e. The molecule has 0 radical (unpaired) electrons. The number of halogens is 4. The third-order valence-electron chi connectivity index (χ3n) is 5.54. The monoisotopic (exact) mass is 477 g/mol. The van der Waals surface area contributed by atoms with E-state index in [2.05, 4.69) is 25.3 Å². The SMILES string of the molecule is O=C(CCN1CCN(Cc2nc(-c3cccc(C(F)(F)F)c3)no2)CC1)Nc1ccccc1F. The van der Waals surface area contributed by atoms with E-state index >= 15 is 0 Å². The van der Waals surface area contributed by atoms with Crippen LogP contribution in [0.4, 0.5) is 23.2 Å². The van der Waals surface area contributed by atoms with Gasteiger partial charge in [-0.1, -0.05) is 29.4 Å². The summed E-state index contributed by atoms with van der Waals surface area (Å²) in [5, 5.41) is 6.40. The van der Waals surface area contributed by atoms with E-state index in [0.717, 1.165) is 25.2 Å². The number of anilines is 1. The van der Waals surface area contributed by atoms with Gasteiger partial charge in [-0.05, 0) is 24.3 Å². The molecule has 2 aromatic carbocycles. The summed E-state index contributed by atoms with van der Waals surface area (Å²) < 4.78 is 57.7. The van der Waals surface area contributed by atoms with Gasteiger partial charge in [-0.15, -0.1) is 0 Å². The van der Waals surface area contributed by atoms with Crippen molar-refractivity contribution >= 4 is 11.6 Å². The molecule has 0 unspecified atom stereocenters. The van der Waals surface area contributed by atoms with Crippen LogP contribution in [-0.2, 0) is 17.5 Å². The van der Waals surface area contributed by atoms with Crippen molar-refractivity contribution in [2.24, 2.45) is 0 Å². The summed E-state index contributed by atoms with van der Waals surface area (Å²) in [6.45, 7) is 3.79. The number of hydrogen-bond donors (Lipinski definition) is 1. The van der Waals surface area contributed by atoms with Gasteiger partial charge in [-0.25, -0.2) is 4.39 Å². The number of rotatable bonds is 7. The maximum atomic E-state index is 13.6. The first kappa shape index (κ1) is 23.8. The Morgan fingerprint density at radius 3 is 2.50 bits per heavy atom. The average molecular weight is 477 g/mol. The number of aromatic nitrogens is 2. The Labute approximate surface area is 193 Å². The van der Waals surface area contributed by atoms with Gasteiger partial charge < -0.3 is 14.7 Å². The molecule has 1 aliphatic rings. The Kier molecular flexibility index (Phi) is 7.23. The van der Waals surface area contributed by atoms with Crippen LogP contribution in [0.25, 0.3) is 11.4 Å². The van der Waals surface area contributed by atoms with Gasteiger partial charge in [0.05, 0.1) is 17.8 Å². The molecule has 4 rings (SSSR count). The molecule has 1 N–H and O–H groups in total. The number of para-hydroxylation sites is 1. The first-order valence-corrected chi connectivity index (χ1v) is 10.8. The van der Waals surface area contributed by atoms with Crippen LogP contribution in [-0.4, -0.2) is 58.6 Å². The molecule has 7 nitrogen and oxygen atoms in total. The van der Waals surface area contributed by atoms with Crippen LogP contribution in [0.5, 0.6) is 0 Å². The quantitative estimate of drug-likeness (QED) is 0.518. The maximum absolute atomic E-state index is 13.6. The second kappa shape index (κ2) is 10.3. The Bertz CT molecular complexity index is 1130. The van der Waals surface area contributed by atoms with Crippen molar-refractivity contribution in [2.45, 2.75) is 19.1 Å². The van der Waals surface area contributed by atoms with Crippen LogP contribution in [0, 0.1) is 5.82 Å². The number of benzene rings is 2. The third kappa shape index (κ3) is 6.17. The standard InChI is InChI=1S/C23H23F4N5O2/c24-18-6-1-2-7-19(18)28-20(33)8-9-31-10-12-32(13-11-31)15-21-29-22(30-34-21)16-4-3-5-17(14-16)23(25,26)27/h1-7,14H,8-13,15H2,(H,28,33). The fourth-order valence-electron chi connectivity index (χ4n) is 3.67. The zero-order valence-electron chi connectivity index (χ0n) is 18.2. The van der Waals surface area contributed by atoms with E-state index < -0.39 is 17.6 Å². The van der Waals surface area contributed by atoms with Crippen LogP contribution in [0.3, 0.4) is 0 Å². The highest BCUT2D eigenvalue weighted by Crippen LogP contribution is 2.31. The number of piperazine rings is 1. The molecule has 0 atom stereocenters. The summed E-state index contributed by atoms with van der Waals surface area (Å²) in [6, 6.07) is 10.8. The number of carbonyl (C=O) groups is 1. The zero-order valence-corrected chi connectivity index (χ0v) is 18.2. The van der Waals surface area contributed by atoms with Crippen molar-refractivity contribution in [3.05, 3.63) is 65.8 Å². The molecule has 1 aromatic heterocycles. The van der Waals surface area contributed by atoms with Crippen LogP contribution in [0.15, 0.2) is 53.1 Å². The molecule has 1 saturated heterocycles. The van der Waals surface area contributed by atoms with Gasteiger partial charge in [0.15, 0.2) is 0 Å². The minimum atomic E-state index is -4.44. The molecule has 2 heterocycles. The lowest BCUT2D eigenvalue weighted by Gasteiger charge is -2.33. The fourth-order valence-corrected chi connectivity index (χ4v) is 3.67. The van der Waals surface area contributed by atoms with Crippen molar-refractivity contribution in [1.82, 2.24) is 19.9 Å². The number of nitrogens with zero attached hydrogens (tertiary/aromatic N) is 4. The van der Waals surface area contributed by atoms with E-state index in [1.807, 2.05) is 0 Å². The van der Waals surface area contributed by atoms with Gasteiger partial charge in [0.2, 0.25) is 17.6 Å².